The first-order valence-corrected chi connectivity index (χ1v) is 8.63. The number of aromatic nitrogens is 1. The molecular formula is C15H27N3S. The molecule has 0 bridgehead atoms. The largest absolute Gasteiger partial charge is 0.348 e. The molecule has 1 atom stereocenters. The summed E-state index contributed by atoms with van der Waals surface area (Å²) in [5.74, 6) is 0. The quantitative estimate of drug-likeness (QED) is 0.885. The van der Waals surface area contributed by atoms with Gasteiger partial charge in [-0.15, -0.1) is 11.3 Å². The van der Waals surface area contributed by atoms with Crippen LogP contribution in [0.4, 0.5) is 5.13 Å². The predicted octanol–water partition coefficient (Wildman–Crippen LogP) is 3.97. The standard InChI is InChI=1S/C15H27N3S/c1-3-9-16-13(2)14-12-19-15(17-14)18-10-7-5-4-6-8-11-18/h12-13,16H,3-11H2,1-2H3. The fraction of sp³-hybridized carbons (Fsp3) is 0.800. The van der Waals surface area contributed by atoms with Crippen molar-refractivity contribution in [3.8, 4) is 0 Å². The highest BCUT2D eigenvalue weighted by Crippen LogP contribution is 2.26. The van der Waals surface area contributed by atoms with Crippen molar-refractivity contribution in [3.05, 3.63) is 11.1 Å². The van der Waals surface area contributed by atoms with Crippen LogP contribution < -0.4 is 10.2 Å². The molecule has 0 aromatic carbocycles. The Balaban J connectivity index is 1.94. The van der Waals surface area contributed by atoms with Crippen LogP contribution in [-0.2, 0) is 0 Å². The summed E-state index contributed by atoms with van der Waals surface area (Å²) in [7, 11) is 0. The van der Waals surface area contributed by atoms with Crippen molar-refractivity contribution >= 4 is 16.5 Å². The summed E-state index contributed by atoms with van der Waals surface area (Å²) in [5, 5.41) is 6.96. The molecule has 4 heteroatoms. The second-order valence-corrected chi connectivity index (χ2v) is 6.32. The van der Waals surface area contributed by atoms with Crippen LogP contribution in [0.15, 0.2) is 5.38 Å². The Hall–Kier alpha value is -0.610. The number of hydrogen-bond donors (Lipinski definition) is 1. The molecule has 1 unspecified atom stereocenters. The molecule has 0 saturated carbocycles. The third-order valence-electron chi connectivity index (χ3n) is 3.78. The van der Waals surface area contributed by atoms with Crippen LogP contribution >= 0.6 is 11.3 Å². The van der Waals surface area contributed by atoms with E-state index in [9.17, 15) is 0 Å². The molecular weight excluding hydrogens is 254 g/mol. The molecule has 1 fully saturated rings. The number of hydrogen-bond acceptors (Lipinski definition) is 4. The number of thiazole rings is 1. The van der Waals surface area contributed by atoms with Crippen LogP contribution in [0.5, 0.6) is 0 Å². The van der Waals surface area contributed by atoms with Gasteiger partial charge in [-0.2, -0.15) is 0 Å². The first-order valence-electron chi connectivity index (χ1n) is 7.75. The van der Waals surface area contributed by atoms with Gasteiger partial charge in [0.05, 0.1) is 5.69 Å². The maximum absolute atomic E-state index is 4.84. The van der Waals surface area contributed by atoms with Crippen molar-refractivity contribution in [1.82, 2.24) is 10.3 Å². The first-order chi connectivity index (χ1) is 9.31. The molecule has 1 saturated heterocycles. The Bertz CT molecular complexity index is 356. The average Bonchev–Trinajstić information content (AvgIpc) is 2.85. The van der Waals surface area contributed by atoms with E-state index >= 15 is 0 Å². The van der Waals surface area contributed by atoms with Crippen molar-refractivity contribution in [2.75, 3.05) is 24.5 Å². The monoisotopic (exact) mass is 281 g/mol. The summed E-state index contributed by atoms with van der Waals surface area (Å²) >= 11 is 1.81. The van der Waals surface area contributed by atoms with E-state index in [4.69, 9.17) is 4.98 Å². The lowest BCUT2D eigenvalue weighted by Gasteiger charge is -2.24. The van der Waals surface area contributed by atoms with Gasteiger partial charge in [-0.1, -0.05) is 26.2 Å². The molecule has 3 nitrogen and oxygen atoms in total. The predicted molar refractivity (Wildman–Crippen MR) is 84.1 cm³/mol. The molecule has 108 valence electrons. The Morgan fingerprint density at radius 3 is 2.63 bits per heavy atom. The fourth-order valence-electron chi connectivity index (χ4n) is 2.52. The van der Waals surface area contributed by atoms with Crippen molar-refractivity contribution in [2.24, 2.45) is 0 Å². The SMILES string of the molecule is CCCNC(C)c1csc(N2CCCCCCC2)n1. The summed E-state index contributed by atoms with van der Waals surface area (Å²) in [6, 6.07) is 0.375. The summed E-state index contributed by atoms with van der Waals surface area (Å²) < 4.78 is 0. The highest BCUT2D eigenvalue weighted by molar-refractivity contribution is 7.13. The number of nitrogens with zero attached hydrogens (tertiary/aromatic N) is 2. The number of rotatable bonds is 5. The van der Waals surface area contributed by atoms with Gasteiger partial charge in [0.15, 0.2) is 5.13 Å². The third kappa shape index (κ3) is 4.46. The average molecular weight is 281 g/mol. The zero-order chi connectivity index (χ0) is 13.5. The zero-order valence-electron chi connectivity index (χ0n) is 12.3. The van der Waals surface area contributed by atoms with E-state index in [2.05, 4.69) is 29.4 Å². The zero-order valence-corrected chi connectivity index (χ0v) is 13.1. The lowest BCUT2D eigenvalue weighted by atomic mass is 10.1. The van der Waals surface area contributed by atoms with Gasteiger partial charge in [-0.05, 0) is 32.7 Å². The highest BCUT2D eigenvalue weighted by Gasteiger charge is 2.15. The normalized spacial score (nSPS) is 18.9. The fourth-order valence-corrected chi connectivity index (χ4v) is 3.50. The van der Waals surface area contributed by atoms with Gasteiger partial charge in [-0.25, -0.2) is 4.98 Å². The van der Waals surface area contributed by atoms with E-state index in [1.807, 2.05) is 11.3 Å². The molecule has 1 aromatic heterocycles. The maximum atomic E-state index is 4.84. The number of nitrogens with one attached hydrogen (secondary N) is 1. The van der Waals surface area contributed by atoms with Crippen LogP contribution in [0.2, 0.25) is 0 Å². The maximum Gasteiger partial charge on any atom is 0.185 e. The van der Waals surface area contributed by atoms with E-state index < -0.39 is 0 Å². The minimum Gasteiger partial charge on any atom is -0.348 e. The lowest BCUT2D eigenvalue weighted by molar-refractivity contribution is 0.549. The van der Waals surface area contributed by atoms with Gasteiger partial charge in [0.2, 0.25) is 0 Å². The molecule has 2 rings (SSSR count). The Morgan fingerprint density at radius 1 is 1.26 bits per heavy atom. The Morgan fingerprint density at radius 2 is 1.95 bits per heavy atom. The van der Waals surface area contributed by atoms with Gasteiger partial charge in [-0.3, -0.25) is 0 Å². The Labute approximate surface area is 121 Å². The number of anilines is 1. The molecule has 0 aliphatic carbocycles. The summed E-state index contributed by atoms with van der Waals surface area (Å²) in [6.07, 6.45) is 7.98. The molecule has 0 amide bonds. The first kappa shape index (κ1) is 14.8. The molecule has 1 aliphatic heterocycles. The van der Waals surface area contributed by atoms with E-state index in [-0.39, 0.29) is 0 Å². The van der Waals surface area contributed by atoms with Crippen LogP contribution in [0.1, 0.15) is 64.1 Å². The molecule has 0 spiro atoms. The third-order valence-corrected chi connectivity index (χ3v) is 4.70. The van der Waals surface area contributed by atoms with Gasteiger partial charge < -0.3 is 10.2 Å². The second kappa shape index (κ2) is 7.85. The highest BCUT2D eigenvalue weighted by atomic mass is 32.1. The topological polar surface area (TPSA) is 28.2 Å². The van der Waals surface area contributed by atoms with Crippen LogP contribution in [0.25, 0.3) is 0 Å². The van der Waals surface area contributed by atoms with Gasteiger partial charge in [0, 0.05) is 24.5 Å². The molecule has 1 aliphatic rings. The smallest absolute Gasteiger partial charge is 0.185 e. The van der Waals surface area contributed by atoms with Crippen molar-refractivity contribution in [3.63, 3.8) is 0 Å². The molecule has 2 heterocycles. The second-order valence-electron chi connectivity index (χ2n) is 5.49. The molecule has 0 radical (unpaired) electrons. The van der Waals surface area contributed by atoms with Gasteiger partial charge in [0.25, 0.3) is 0 Å². The summed E-state index contributed by atoms with van der Waals surface area (Å²) in [6.45, 7) is 7.85. The Kier molecular flexibility index (Phi) is 6.11. The van der Waals surface area contributed by atoms with E-state index in [0.717, 1.165) is 6.54 Å². The minimum absolute atomic E-state index is 0.375. The van der Waals surface area contributed by atoms with Gasteiger partial charge in [0.1, 0.15) is 0 Å². The van der Waals surface area contributed by atoms with E-state index in [0.29, 0.717) is 6.04 Å². The molecule has 19 heavy (non-hydrogen) atoms. The van der Waals surface area contributed by atoms with E-state index in [1.54, 1.807) is 0 Å². The lowest BCUT2D eigenvalue weighted by Crippen LogP contribution is -2.27. The van der Waals surface area contributed by atoms with Crippen molar-refractivity contribution < 1.29 is 0 Å². The molecule has 1 N–H and O–H groups in total. The summed E-state index contributed by atoms with van der Waals surface area (Å²) in [5.41, 5.74) is 1.20. The summed E-state index contributed by atoms with van der Waals surface area (Å²) in [4.78, 5) is 7.33. The van der Waals surface area contributed by atoms with Crippen LogP contribution in [0, 0.1) is 0 Å². The molecule has 1 aromatic rings. The van der Waals surface area contributed by atoms with Crippen LogP contribution in [-0.4, -0.2) is 24.6 Å². The van der Waals surface area contributed by atoms with Crippen molar-refractivity contribution in [1.29, 1.82) is 0 Å². The van der Waals surface area contributed by atoms with Crippen molar-refractivity contribution in [2.45, 2.75) is 58.4 Å². The van der Waals surface area contributed by atoms with Crippen LogP contribution in [0.3, 0.4) is 0 Å². The minimum atomic E-state index is 0.375. The van der Waals surface area contributed by atoms with E-state index in [1.165, 1.54) is 62.4 Å². The van der Waals surface area contributed by atoms with Gasteiger partial charge >= 0.3 is 0 Å².